The van der Waals surface area contributed by atoms with Gasteiger partial charge in [-0.1, -0.05) is 0 Å². The van der Waals surface area contributed by atoms with Crippen LogP contribution < -0.4 is 5.32 Å². The van der Waals surface area contributed by atoms with Gasteiger partial charge < -0.3 is 5.32 Å². The Hall–Kier alpha value is -1.53. The highest BCUT2D eigenvalue weighted by Gasteiger charge is 2.12. The fourth-order valence-electron chi connectivity index (χ4n) is 1.84. The second-order valence-electron chi connectivity index (χ2n) is 3.91. The summed E-state index contributed by atoms with van der Waals surface area (Å²) in [5.74, 6) is 1.06. The van der Waals surface area contributed by atoms with E-state index in [1.54, 1.807) is 17.4 Å². The van der Waals surface area contributed by atoms with Crippen molar-refractivity contribution >= 4 is 43.3 Å². The summed E-state index contributed by atoms with van der Waals surface area (Å²) >= 11 is 4.90. The van der Waals surface area contributed by atoms with Gasteiger partial charge in [-0.05, 0) is 45.6 Å². The quantitative estimate of drug-likeness (QED) is 0.757. The maximum atomic E-state index is 13.1. The second-order valence-corrected chi connectivity index (χ2v) is 5.66. The SMILES string of the molecule is CNc1nc(-c2ccc(F)cc2Br)nc2sccc12. The van der Waals surface area contributed by atoms with E-state index in [2.05, 4.69) is 31.2 Å². The van der Waals surface area contributed by atoms with Gasteiger partial charge in [0.15, 0.2) is 5.82 Å². The molecule has 2 heterocycles. The number of halogens is 2. The molecule has 0 aliphatic carbocycles. The lowest BCUT2D eigenvalue weighted by molar-refractivity contribution is 0.627. The normalized spacial score (nSPS) is 10.9. The summed E-state index contributed by atoms with van der Waals surface area (Å²) in [5, 5.41) is 6.03. The van der Waals surface area contributed by atoms with Crippen molar-refractivity contribution in [2.45, 2.75) is 0 Å². The Balaban J connectivity index is 2.24. The van der Waals surface area contributed by atoms with Gasteiger partial charge in [-0.25, -0.2) is 14.4 Å². The summed E-state index contributed by atoms with van der Waals surface area (Å²) in [4.78, 5) is 9.91. The number of nitrogens with one attached hydrogen (secondary N) is 1. The van der Waals surface area contributed by atoms with Crippen molar-refractivity contribution < 1.29 is 4.39 Å². The molecule has 0 saturated carbocycles. The lowest BCUT2D eigenvalue weighted by Gasteiger charge is -2.07. The third kappa shape index (κ3) is 2.21. The first-order valence-electron chi connectivity index (χ1n) is 5.57. The van der Waals surface area contributed by atoms with E-state index in [0.717, 1.165) is 21.6 Å². The Morgan fingerprint density at radius 3 is 2.84 bits per heavy atom. The molecular formula is C13H9BrFN3S. The lowest BCUT2D eigenvalue weighted by Crippen LogP contribution is -1.97. The average Bonchev–Trinajstić information content (AvgIpc) is 2.85. The first kappa shape index (κ1) is 12.5. The summed E-state index contributed by atoms with van der Waals surface area (Å²) in [5.41, 5.74) is 0.771. The molecule has 0 radical (unpaired) electrons. The predicted octanol–water partition coefficient (Wildman–Crippen LogP) is 4.30. The van der Waals surface area contributed by atoms with Gasteiger partial charge in [0, 0.05) is 17.1 Å². The number of hydrogen-bond donors (Lipinski definition) is 1. The molecule has 0 spiro atoms. The van der Waals surface area contributed by atoms with Gasteiger partial charge in [0.2, 0.25) is 0 Å². The van der Waals surface area contributed by atoms with Gasteiger partial charge in [0.1, 0.15) is 16.5 Å². The topological polar surface area (TPSA) is 37.8 Å². The summed E-state index contributed by atoms with van der Waals surface area (Å²) in [6.07, 6.45) is 0. The van der Waals surface area contributed by atoms with Gasteiger partial charge in [0.05, 0.1) is 5.39 Å². The molecule has 0 bridgehead atoms. The Kier molecular flexibility index (Phi) is 3.20. The fraction of sp³-hybridized carbons (Fsp3) is 0.0769. The minimum absolute atomic E-state index is 0.290. The van der Waals surface area contributed by atoms with E-state index in [9.17, 15) is 4.39 Å². The van der Waals surface area contributed by atoms with Crippen LogP contribution in [-0.4, -0.2) is 17.0 Å². The molecule has 0 fully saturated rings. The minimum atomic E-state index is -0.290. The molecule has 3 nitrogen and oxygen atoms in total. The Morgan fingerprint density at radius 1 is 1.26 bits per heavy atom. The Morgan fingerprint density at radius 2 is 2.11 bits per heavy atom. The lowest BCUT2D eigenvalue weighted by atomic mass is 10.2. The molecule has 3 aromatic rings. The highest BCUT2D eigenvalue weighted by molar-refractivity contribution is 9.10. The minimum Gasteiger partial charge on any atom is -0.372 e. The van der Waals surface area contributed by atoms with Crippen LogP contribution in [0.25, 0.3) is 21.6 Å². The second kappa shape index (κ2) is 4.86. The van der Waals surface area contributed by atoms with E-state index >= 15 is 0 Å². The zero-order chi connectivity index (χ0) is 13.4. The van der Waals surface area contributed by atoms with Crippen LogP contribution in [0.4, 0.5) is 10.2 Å². The fourth-order valence-corrected chi connectivity index (χ4v) is 3.13. The number of fused-ring (bicyclic) bond motifs is 1. The van der Waals surface area contributed by atoms with E-state index in [4.69, 9.17) is 0 Å². The summed E-state index contributed by atoms with van der Waals surface area (Å²) in [6, 6.07) is 6.47. The maximum Gasteiger partial charge on any atom is 0.164 e. The molecule has 96 valence electrons. The zero-order valence-electron chi connectivity index (χ0n) is 9.95. The van der Waals surface area contributed by atoms with Crippen molar-refractivity contribution in [1.29, 1.82) is 0 Å². The Bertz CT molecular complexity index is 757. The number of thiophene rings is 1. The van der Waals surface area contributed by atoms with Gasteiger partial charge in [0.25, 0.3) is 0 Å². The van der Waals surface area contributed by atoms with E-state index in [1.165, 1.54) is 12.1 Å². The highest BCUT2D eigenvalue weighted by Crippen LogP contribution is 2.31. The molecule has 1 N–H and O–H groups in total. The first-order chi connectivity index (χ1) is 9.19. The monoisotopic (exact) mass is 337 g/mol. The van der Waals surface area contributed by atoms with Crippen LogP contribution in [0.5, 0.6) is 0 Å². The molecule has 3 rings (SSSR count). The Labute approximate surface area is 121 Å². The first-order valence-corrected chi connectivity index (χ1v) is 7.24. The van der Waals surface area contributed by atoms with Crippen LogP contribution >= 0.6 is 27.3 Å². The number of aromatic nitrogens is 2. The van der Waals surface area contributed by atoms with Gasteiger partial charge in [-0.2, -0.15) is 0 Å². The maximum absolute atomic E-state index is 13.1. The van der Waals surface area contributed by atoms with Gasteiger partial charge in [-0.15, -0.1) is 11.3 Å². The van der Waals surface area contributed by atoms with Crippen LogP contribution in [0.15, 0.2) is 34.1 Å². The standard InChI is InChI=1S/C13H9BrFN3S/c1-16-11-9-4-5-19-13(9)18-12(17-11)8-3-2-7(15)6-10(8)14/h2-6H,1H3,(H,16,17,18). The van der Waals surface area contributed by atoms with Crippen LogP contribution in [0, 0.1) is 5.82 Å². The molecule has 0 saturated heterocycles. The third-order valence-electron chi connectivity index (χ3n) is 2.73. The molecule has 19 heavy (non-hydrogen) atoms. The van der Waals surface area contributed by atoms with Gasteiger partial charge >= 0.3 is 0 Å². The molecule has 6 heteroatoms. The predicted molar refractivity (Wildman–Crippen MR) is 80.1 cm³/mol. The average molecular weight is 338 g/mol. The zero-order valence-corrected chi connectivity index (χ0v) is 12.3. The van der Waals surface area contributed by atoms with E-state index in [1.807, 2.05) is 18.5 Å². The molecule has 0 aliphatic heterocycles. The molecule has 0 atom stereocenters. The molecule has 2 aromatic heterocycles. The van der Waals surface area contributed by atoms with Crippen molar-refractivity contribution in [3.8, 4) is 11.4 Å². The highest BCUT2D eigenvalue weighted by atomic mass is 79.9. The molecule has 1 aromatic carbocycles. The van der Waals surface area contributed by atoms with Crippen molar-refractivity contribution in [3.63, 3.8) is 0 Å². The largest absolute Gasteiger partial charge is 0.372 e. The van der Waals surface area contributed by atoms with Crippen LogP contribution in [0.3, 0.4) is 0 Å². The van der Waals surface area contributed by atoms with Crippen molar-refractivity contribution in [3.05, 3.63) is 39.9 Å². The molecule has 0 amide bonds. The molecule has 0 unspecified atom stereocenters. The number of anilines is 1. The van der Waals surface area contributed by atoms with E-state index in [-0.39, 0.29) is 5.82 Å². The van der Waals surface area contributed by atoms with Crippen LogP contribution in [0.1, 0.15) is 0 Å². The van der Waals surface area contributed by atoms with Crippen molar-refractivity contribution in [1.82, 2.24) is 9.97 Å². The van der Waals surface area contributed by atoms with Crippen LogP contribution in [0.2, 0.25) is 0 Å². The third-order valence-corrected chi connectivity index (χ3v) is 4.20. The molecular weight excluding hydrogens is 329 g/mol. The van der Waals surface area contributed by atoms with E-state index < -0.39 is 0 Å². The summed E-state index contributed by atoms with van der Waals surface area (Å²) in [7, 11) is 1.82. The number of nitrogens with zero attached hydrogens (tertiary/aromatic N) is 2. The van der Waals surface area contributed by atoms with Crippen molar-refractivity contribution in [2.75, 3.05) is 12.4 Å². The number of benzene rings is 1. The molecule has 0 aliphatic rings. The van der Waals surface area contributed by atoms with Crippen molar-refractivity contribution in [2.24, 2.45) is 0 Å². The number of rotatable bonds is 2. The smallest absolute Gasteiger partial charge is 0.164 e. The van der Waals surface area contributed by atoms with Crippen LogP contribution in [-0.2, 0) is 0 Å². The van der Waals surface area contributed by atoms with Gasteiger partial charge in [-0.3, -0.25) is 0 Å². The number of hydrogen-bond acceptors (Lipinski definition) is 4. The summed E-state index contributed by atoms with van der Waals surface area (Å²) < 4.78 is 13.8. The summed E-state index contributed by atoms with van der Waals surface area (Å²) in [6.45, 7) is 0. The van der Waals surface area contributed by atoms with E-state index in [0.29, 0.717) is 10.3 Å².